The van der Waals surface area contributed by atoms with E-state index in [1.54, 1.807) is 115 Å². The number of carbonyl (C=O) groups excluding carboxylic acids is 1. The SMILES string of the molecule is COc1ccc(CN(Cc2ccc(OC)cc2)c2nccc(CNC(=O)c3ccc(Oc4cc(OC)ccn4)cc3)n2)cc1.COc1ccc(CNc2nccc3cnc(-c4ccc(Oc5cc(OC)ccn5)cc4)n23)cc1. The van der Waals surface area contributed by atoms with Crippen LogP contribution in [0.3, 0.4) is 0 Å². The van der Waals surface area contributed by atoms with Crippen molar-refractivity contribution in [2.24, 2.45) is 0 Å². The third-order valence-corrected chi connectivity index (χ3v) is 12.1. The molecule has 0 atom stereocenters. The zero-order valence-corrected chi connectivity index (χ0v) is 43.6. The van der Waals surface area contributed by atoms with Crippen LogP contribution in [0.4, 0.5) is 11.9 Å². The maximum atomic E-state index is 12.9. The van der Waals surface area contributed by atoms with Gasteiger partial charge in [-0.05, 0) is 126 Å². The van der Waals surface area contributed by atoms with Crippen LogP contribution in [0.2, 0.25) is 0 Å². The fourth-order valence-electron chi connectivity index (χ4n) is 7.94. The number of carbonyl (C=O) groups is 1. The van der Waals surface area contributed by atoms with Crippen molar-refractivity contribution in [3.05, 3.63) is 217 Å². The number of methoxy groups -OCH3 is 5. The number of hydrogen-bond acceptors (Lipinski definition) is 16. The van der Waals surface area contributed by atoms with Crippen molar-refractivity contribution < 1.29 is 38.0 Å². The molecule has 394 valence electrons. The van der Waals surface area contributed by atoms with Gasteiger partial charge in [-0.2, -0.15) is 0 Å². The molecular weight excluding hydrogens is 989 g/mol. The van der Waals surface area contributed by atoms with E-state index in [-0.39, 0.29) is 12.5 Å². The van der Waals surface area contributed by atoms with Crippen LogP contribution in [0.1, 0.15) is 32.7 Å². The molecule has 78 heavy (non-hydrogen) atoms. The van der Waals surface area contributed by atoms with Crippen molar-refractivity contribution in [2.75, 3.05) is 45.8 Å². The van der Waals surface area contributed by atoms with E-state index in [0.29, 0.717) is 77.5 Å². The largest absolute Gasteiger partial charge is 0.497 e. The lowest BCUT2D eigenvalue weighted by molar-refractivity contribution is 0.0950. The van der Waals surface area contributed by atoms with Gasteiger partial charge in [-0.15, -0.1) is 0 Å². The molecule has 0 fully saturated rings. The molecule has 10 aromatic rings. The molecule has 0 spiro atoms. The number of anilines is 2. The summed E-state index contributed by atoms with van der Waals surface area (Å²) in [4.78, 5) is 41.9. The highest BCUT2D eigenvalue weighted by Gasteiger charge is 2.16. The van der Waals surface area contributed by atoms with Crippen LogP contribution in [0, 0.1) is 0 Å². The summed E-state index contributed by atoms with van der Waals surface area (Å²) in [6.45, 7) is 2.00. The third kappa shape index (κ3) is 13.9. The second-order valence-electron chi connectivity index (χ2n) is 17.2. The summed E-state index contributed by atoms with van der Waals surface area (Å²) in [6.07, 6.45) is 8.56. The van der Waals surface area contributed by atoms with Crippen LogP contribution < -0.4 is 48.7 Å². The van der Waals surface area contributed by atoms with Gasteiger partial charge >= 0.3 is 0 Å². The lowest BCUT2D eigenvalue weighted by atomic mass is 10.1. The van der Waals surface area contributed by atoms with Crippen LogP contribution in [0.15, 0.2) is 189 Å². The lowest BCUT2D eigenvalue weighted by Crippen LogP contribution is -2.26. The topological polar surface area (TPSA) is 191 Å². The summed E-state index contributed by atoms with van der Waals surface area (Å²) in [5, 5.41) is 6.36. The maximum absolute atomic E-state index is 12.9. The predicted octanol–water partition coefficient (Wildman–Crippen LogP) is 11.0. The van der Waals surface area contributed by atoms with Crippen LogP contribution in [-0.2, 0) is 26.2 Å². The first-order chi connectivity index (χ1) is 38.3. The summed E-state index contributed by atoms with van der Waals surface area (Å²) in [5.41, 5.74) is 6.34. The van der Waals surface area contributed by atoms with Gasteiger partial charge < -0.3 is 48.7 Å². The number of nitrogens with zero attached hydrogens (tertiary/aromatic N) is 8. The Balaban J connectivity index is 0.000000196. The molecule has 2 N–H and O–H groups in total. The van der Waals surface area contributed by atoms with E-state index in [1.807, 2.05) is 114 Å². The summed E-state index contributed by atoms with van der Waals surface area (Å²) < 4.78 is 39.9. The smallest absolute Gasteiger partial charge is 0.251 e. The first-order valence-electron chi connectivity index (χ1n) is 24.6. The number of benzene rings is 5. The zero-order chi connectivity index (χ0) is 54.1. The van der Waals surface area contributed by atoms with Gasteiger partial charge in [0.05, 0.1) is 59.5 Å². The van der Waals surface area contributed by atoms with Crippen molar-refractivity contribution in [1.82, 2.24) is 39.6 Å². The summed E-state index contributed by atoms with van der Waals surface area (Å²) in [7, 11) is 8.14. The monoisotopic (exact) mass is 1040 g/mol. The van der Waals surface area contributed by atoms with Crippen LogP contribution in [0.25, 0.3) is 16.9 Å². The Hall–Kier alpha value is -10.2. The first kappa shape index (κ1) is 52.6. The van der Waals surface area contributed by atoms with E-state index in [1.165, 1.54) is 0 Å². The van der Waals surface area contributed by atoms with E-state index < -0.39 is 0 Å². The zero-order valence-electron chi connectivity index (χ0n) is 43.6. The predicted molar refractivity (Wildman–Crippen MR) is 296 cm³/mol. The van der Waals surface area contributed by atoms with Crippen molar-refractivity contribution in [3.8, 4) is 63.4 Å². The molecule has 0 aliphatic heterocycles. The van der Waals surface area contributed by atoms with Gasteiger partial charge in [0.25, 0.3) is 5.91 Å². The minimum atomic E-state index is -0.232. The molecule has 1 amide bonds. The highest BCUT2D eigenvalue weighted by molar-refractivity contribution is 5.94. The second kappa shape index (κ2) is 25.8. The van der Waals surface area contributed by atoms with E-state index in [4.69, 9.17) is 38.1 Å². The van der Waals surface area contributed by atoms with Gasteiger partial charge in [0, 0.05) is 67.7 Å². The van der Waals surface area contributed by atoms with Crippen molar-refractivity contribution >= 4 is 23.3 Å². The summed E-state index contributed by atoms with van der Waals surface area (Å²) in [5.74, 6) is 7.64. The molecule has 0 saturated carbocycles. The van der Waals surface area contributed by atoms with Crippen molar-refractivity contribution in [1.29, 1.82) is 0 Å². The molecule has 0 aliphatic rings. The van der Waals surface area contributed by atoms with Gasteiger partial charge in [-0.25, -0.2) is 29.9 Å². The Labute approximate surface area is 451 Å². The van der Waals surface area contributed by atoms with Crippen LogP contribution >= 0.6 is 0 Å². The minimum absolute atomic E-state index is 0.232. The molecule has 5 heterocycles. The van der Waals surface area contributed by atoms with Gasteiger partial charge in [0.1, 0.15) is 46.1 Å². The Kier molecular flexibility index (Phi) is 17.4. The fourth-order valence-corrected chi connectivity index (χ4v) is 7.94. The lowest BCUT2D eigenvalue weighted by Gasteiger charge is -2.23. The highest BCUT2D eigenvalue weighted by atomic mass is 16.5. The van der Waals surface area contributed by atoms with Gasteiger partial charge in [-0.1, -0.05) is 36.4 Å². The number of imidazole rings is 1. The quantitative estimate of drug-likeness (QED) is 0.0690. The highest BCUT2D eigenvalue weighted by Crippen LogP contribution is 2.29. The van der Waals surface area contributed by atoms with Gasteiger partial charge in [-0.3, -0.25) is 9.20 Å². The Morgan fingerprint density at radius 2 is 0.974 bits per heavy atom. The number of rotatable bonds is 21. The Bertz CT molecular complexity index is 3480. The number of fused-ring (bicyclic) bond motifs is 1. The number of aromatic nitrogens is 7. The molecular formula is C60H56N10O8. The molecule has 0 unspecified atom stereocenters. The van der Waals surface area contributed by atoms with Crippen LogP contribution in [0.5, 0.6) is 52.0 Å². The minimum Gasteiger partial charge on any atom is -0.497 e. The first-order valence-corrected chi connectivity index (χ1v) is 24.6. The molecule has 0 bridgehead atoms. The number of ether oxygens (including phenoxy) is 7. The molecule has 10 rings (SSSR count). The van der Waals surface area contributed by atoms with Crippen LogP contribution in [-0.4, -0.2) is 75.8 Å². The average molecular weight is 1050 g/mol. The fraction of sp³-hybridized carbons (Fsp3) is 0.150. The van der Waals surface area contributed by atoms with Crippen molar-refractivity contribution in [3.63, 3.8) is 0 Å². The molecule has 0 aliphatic carbocycles. The van der Waals surface area contributed by atoms with Gasteiger partial charge in [0.2, 0.25) is 23.7 Å². The van der Waals surface area contributed by atoms with Crippen molar-refractivity contribution in [2.45, 2.75) is 26.2 Å². The Morgan fingerprint density at radius 1 is 0.487 bits per heavy atom. The standard InChI is InChI=1S/C34H33N5O5.C26H23N5O3/c1-41-28-10-4-24(5-11-28)22-39(23-25-6-12-29(42-2)13-7-25)34-36-18-16-27(38-34)21-37-33(40)26-8-14-30(15-9-26)44-32-20-31(43-3)17-19-35-32;1-32-21-7-3-18(4-8-21)16-30-26-28-13-11-20-17-29-25(31(20)26)19-5-9-22(10-6-19)34-24-15-23(33-2)12-14-27-24/h4-20H,21-23H2,1-3H3,(H,37,40);3-15,17H,16H2,1-2H3,(H,28,30). The van der Waals surface area contributed by atoms with Gasteiger partial charge in [0.15, 0.2) is 0 Å². The molecule has 0 radical (unpaired) electrons. The van der Waals surface area contributed by atoms with E-state index in [2.05, 4.69) is 40.5 Å². The average Bonchev–Trinajstić information content (AvgIpc) is 3.97. The third-order valence-electron chi connectivity index (χ3n) is 12.1. The van der Waals surface area contributed by atoms with E-state index >= 15 is 0 Å². The Morgan fingerprint density at radius 3 is 1.51 bits per heavy atom. The molecule has 0 saturated heterocycles. The van der Waals surface area contributed by atoms with E-state index in [9.17, 15) is 4.79 Å². The van der Waals surface area contributed by atoms with E-state index in [0.717, 1.165) is 50.8 Å². The number of nitrogens with one attached hydrogen (secondary N) is 2. The molecule has 5 aromatic heterocycles. The molecule has 18 heteroatoms. The number of pyridine rings is 2. The molecule has 5 aromatic carbocycles. The summed E-state index contributed by atoms with van der Waals surface area (Å²) in [6, 6.07) is 48.9. The summed E-state index contributed by atoms with van der Waals surface area (Å²) >= 11 is 0. The number of amides is 1. The normalized spacial score (nSPS) is 10.6. The molecule has 18 nitrogen and oxygen atoms in total. The second-order valence-corrected chi connectivity index (χ2v) is 17.2. The number of hydrogen-bond donors (Lipinski definition) is 2. The maximum Gasteiger partial charge on any atom is 0.251 e.